The number of carboxylic acid groups (broad SMARTS) is 1. The van der Waals surface area contributed by atoms with Crippen molar-refractivity contribution in [2.45, 2.75) is 6.54 Å². The van der Waals surface area contributed by atoms with Crippen molar-refractivity contribution in [3.05, 3.63) is 24.0 Å². The second kappa shape index (κ2) is 3.56. The van der Waals surface area contributed by atoms with E-state index in [-0.39, 0.29) is 6.54 Å². The number of hydrogen-bond donors (Lipinski definition) is 3. The fourth-order valence-electron chi connectivity index (χ4n) is 0.767. The van der Waals surface area contributed by atoms with Gasteiger partial charge < -0.3 is 16.2 Å². The van der Waals surface area contributed by atoms with Crippen LogP contribution in [0.3, 0.4) is 0 Å². The van der Waals surface area contributed by atoms with Gasteiger partial charge in [-0.25, -0.2) is 4.79 Å². The van der Waals surface area contributed by atoms with Crippen LogP contribution in [0.5, 0.6) is 0 Å². The Bertz CT molecular complexity index is 288. The van der Waals surface area contributed by atoms with Gasteiger partial charge in [-0.05, 0) is 11.6 Å². The van der Waals surface area contributed by atoms with E-state index < -0.39 is 6.09 Å². The molecule has 1 rings (SSSR count). The molecule has 0 bridgehead atoms. The second-order valence-electron chi connectivity index (χ2n) is 2.23. The molecule has 0 unspecified atom stereocenters. The molecule has 5 nitrogen and oxygen atoms in total. The summed E-state index contributed by atoms with van der Waals surface area (Å²) in [4.78, 5) is 13.9. The number of carbonyl (C=O) groups is 1. The number of nitrogen functional groups attached to an aromatic ring is 1. The zero-order chi connectivity index (χ0) is 8.97. The highest BCUT2D eigenvalue weighted by molar-refractivity contribution is 5.64. The minimum Gasteiger partial charge on any atom is -0.465 e. The van der Waals surface area contributed by atoms with Gasteiger partial charge in [-0.1, -0.05) is 0 Å². The number of aromatic nitrogens is 1. The van der Waals surface area contributed by atoms with Crippen LogP contribution in [0.4, 0.5) is 10.5 Å². The molecule has 0 saturated carbocycles. The van der Waals surface area contributed by atoms with Crippen molar-refractivity contribution >= 4 is 11.8 Å². The maximum atomic E-state index is 10.1. The van der Waals surface area contributed by atoms with E-state index in [9.17, 15) is 4.79 Å². The molecule has 4 N–H and O–H groups in total. The maximum Gasteiger partial charge on any atom is 0.404 e. The van der Waals surface area contributed by atoms with Crippen LogP contribution in [0.15, 0.2) is 18.5 Å². The Morgan fingerprint density at radius 1 is 1.75 bits per heavy atom. The Balaban J connectivity index is 2.63. The topological polar surface area (TPSA) is 88.2 Å². The first-order chi connectivity index (χ1) is 5.70. The van der Waals surface area contributed by atoms with E-state index in [1.54, 1.807) is 12.3 Å². The monoisotopic (exact) mass is 167 g/mol. The van der Waals surface area contributed by atoms with E-state index in [2.05, 4.69) is 10.3 Å². The summed E-state index contributed by atoms with van der Waals surface area (Å²) in [6, 6.07) is 1.67. The van der Waals surface area contributed by atoms with E-state index in [0.29, 0.717) is 5.69 Å². The van der Waals surface area contributed by atoms with Gasteiger partial charge in [-0.2, -0.15) is 0 Å². The zero-order valence-corrected chi connectivity index (χ0v) is 6.32. The molecule has 0 fully saturated rings. The highest BCUT2D eigenvalue weighted by Gasteiger charge is 1.99. The van der Waals surface area contributed by atoms with Gasteiger partial charge in [0.1, 0.15) is 0 Å². The van der Waals surface area contributed by atoms with Crippen molar-refractivity contribution in [2.24, 2.45) is 0 Å². The number of nitrogens with zero attached hydrogens (tertiary/aromatic N) is 1. The van der Waals surface area contributed by atoms with E-state index in [0.717, 1.165) is 5.56 Å². The van der Waals surface area contributed by atoms with Gasteiger partial charge in [0.15, 0.2) is 0 Å². The van der Waals surface area contributed by atoms with Crippen molar-refractivity contribution in [3.8, 4) is 0 Å². The molecule has 1 aromatic rings. The average molecular weight is 167 g/mol. The molecule has 0 radical (unpaired) electrons. The summed E-state index contributed by atoms with van der Waals surface area (Å²) in [5, 5.41) is 10.5. The van der Waals surface area contributed by atoms with Crippen molar-refractivity contribution in [1.82, 2.24) is 10.3 Å². The van der Waals surface area contributed by atoms with Crippen LogP contribution in [-0.2, 0) is 6.54 Å². The predicted octanol–water partition coefficient (Wildman–Crippen LogP) is 0.431. The summed E-state index contributed by atoms with van der Waals surface area (Å²) in [5.74, 6) is 0. The lowest BCUT2D eigenvalue weighted by atomic mass is 10.2. The molecule has 64 valence electrons. The van der Waals surface area contributed by atoms with Gasteiger partial charge in [0.25, 0.3) is 0 Å². The van der Waals surface area contributed by atoms with Gasteiger partial charge in [0, 0.05) is 12.7 Å². The summed E-state index contributed by atoms with van der Waals surface area (Å²) in [5.41, 5.74) is 6.73. The SMILES string of the molecule is Nc1cnccc1CNC(=O)O. The van der Waals surface area contributed by atoms with Crippen molar-refractivity contribution in [2.75, 3.05) is 5.73 Å². The second-order valence-corrected chi connectivity index (χ2v) is 2.23. The molecule has 0 saturated heterocycles. The van der Waals surface area contributed by atoms with Crippen LogP contribution in [0.25, 0.3) is 0 Å². The molecule has 0 aliphatic heterocycles. The number of pyridine rings is 1. The Hall–Kier alpha value is -1.78. The minimum absolute atomic E-state index is 0.212. The first-order valence-electron chi connectivity index (χ1n) is 3.35. The van der Waals surface area contributed by atoms with Crippen molar-refractivity contribution < 1.29 is 9.90 Å². The van der Waals surface area contributed by atoms with Gasteiger partial charge >= 0.3 is 6.09 Å². The third-order valence-corrected chi connectivity index (χ3v) is 1.38. The van der Waals surface area contributed by atoms with E-state index in [4.69, 9.17) is 10.8 Å². The highest BCUT2D eigenvalue weighted by Crippen LogP contribution is 2.07. The summed E-state index contributed by atoms with van der Waals surface area (Å²) in [7, 11) is 0. The van der Waals surface area contributed by atoms with Crippen LogP contribution in [0, 0.1) is 0 Å². The molecule has 0 spiro atoms. The molecule has 0 aliphatic rings. The lowest BCUT2D eigenvalue weighted by molar-refractivity contribution is 0.194. The van der Waals surface area contributed by atoms with Crippen LogP contribution >= 0.6 is 0 Å². The first-order valence-corrected chi connectivity index (χ1v) is 3.35. The van der Waals surface area contributed by atoms with Crippen LogP contribution in [0.2, 0.25) is 0 Å². The molecule has 1 amide bonds. The number of hydrogen-bond acceptors (Lipinski definition) is 3. The third-order valence-electron chi connectivity index (χ3n) is 1.38. The lowest BCUT2D eigenvalue weighted by Crippen LogP contribution is -2.20. The van der Waals surface area contributed by atoms with Crippen LogP contribution in [0.1, 0.15) is 5.56 Å². The van der Waals surface area contributed by atoms with Gasteiger partial charge in [-0.15, -0.1) is 0 Å². The molecular formula is C7H9N3O2. The quantitative estimate of drug-likeness (QED) is 0.596. The Morgan fingerprint density at radius 3 is 3.08 bits per heavy atom. The van der Waals surface area contributed by atoms with Crippen LogP contribution in [-0.4, -0.2) is 16.2 Å². The van der Waals surface area contributed by atoms with Crippen molar-refractivity contribution in [1.29, 1.82) is 0 Å². The Kier molecular flexibility index (Phi) is 2.47. The lowest BCUT2D eigenvalue weighted by Gasteiger charge is -2.03. The highest BCUT2D eigenvalue weighted by atomic mass is 16.4. The molecule has 0 atom stereocenters. The van der Waals surface area contributed by atoms with Gasteiger partial charge in [0.05, 0.1) is 11.9 Å². The fraction of sp³-hybridized carbons (Fsp3) is 0.143. The van der Waals surface area contributed by atoms with E-state index in [1.165, 1.54) is 6.20 Å². The Labute approximate surface area is 69.2 Å². The largest absolute Gasteiger partial charge is 0.465 e. The molecule has 0 aromatic carbocycles. The third kappa shape index (κ3) is 2.12. The average Bonchev–Trinajstić information content (AvgIpc) is 2.03. The zero-order valence-electron chi connectivity index (χ0n) is 6.32. The first kappa shape index (κ1) is 8.32. The Morgan fingerprint density at radius 2 is 2.50 bits per heavy atom. The van der Waals surface area contributed by atoms with Gasteiger partial charge in [0.2, 0.25) is 0 Å². The molecule has 1 heterocycles. The number of nitrogens with one attached hydrogen (secondary N) is 1. The minimum atomic E-state index is -1.06. The number of rotatable bonds is 2. The van der Waals surface area contributed by atoms with Crippen molar-refractivity contribution in [3.63, 3.8) is 0 Å². The fourth-order valence-corrected chi connectivity index (χ4v) is 0.767. The normalized spacial score (nSPS) is 9.33. The summed E-state index contributed by atoms with van der Waals surface area (Å²) in [6.07, 6.45) is 1.99. The number of anilines is 1. The standard InChI is InChI=1S/C7H9N3O2/c8-6-4-9-2-1-5(6)3-10-7(11)12/h1-2,4,10H,3,8H2,(H,11,12). The maximum absolute atomic E-state index is 10.1. The molecule has 12 heavy (non-hydrogen) atoms. The van der Waals surface area contributed by atoms with Gasteiger partial charge in [-0.3, -0.25) is 4.98 Å². The smallest absolute Gasteiger partial charge is 0.404 e. The molecular weight excluding hydrogens is 158 g/mol. The molecule has 5 heteroatoms. The number of amides is 1. The summed E-state index contributed by atoms with van der Waals surface area (Å²) < 4.78 is 0. The molecule has 1 aromatic heterocycles. The number of nitrogens with two attached hydrogens (primary N) is 1. The summed E-state index contributed by atoms with van der Waals surface area (Å²) >= 11 is 0. The van der Waals surface area contributed by atoms with E-state index >= 15 is 0 Å². The summed E-state index contributed by atoms with van der Waals surface area (Å²) in [6.45, 7) is 0.212. The van der Waals surface area contributed by atoms with E-state index in [1.807, 2.05) is 0 Å². The molecule has 0 aliphatic carbocycles. The van der Waals surface area contributed by atoms with Crippen LogP contribution < -0.4 is 11.1 Å². The predicted molar refractivity (Wildman–Crippen MR) is 43.5 cm³/mol.